The molecule has 5 nitrogen and oxygen atoms in total. The van der Waals surface area contributed by atoms with Gasteiger partial charge in [0.15, 0.2) is 0 Å². The normalized spacial score (nSPS) is 28.7. The van der Waals surface area contributed by atoms with Gasteiger partial charge in [0.1, 0.15) is 0 Å². The van der Waals surface area contributed by atoms with E-state index in [1.807, 2.05) is 18.2 Å². The second-order valence-electron chi connectivity index (χ2n) is 6.69. The lowest BCUT2D eigenvalue weighted by atomic mass is 9.97. The molecular weight excluding hydrogens is 334 g/mol. The Kier molecular flexibility index (Phi) is 4.99. The Bertz CT molecular complexity index is 663. The molecule has 0 aromatic heterocycles. The Balaban J connectivity index is 0.00000156. The summed E-state index contributed by atoms with van der Waals surface area (Å²) in [6.07, 6.45) is 2.95. The maximum absolute atomic E-state index is 13.1. The summed E-state index contributed by atoms with van der Waals surface area (Å²) in [4.78, 5) is 0. The van der Waals surface area contributed by atoms with Crippen molar-refractivity contribution in [3.05, 3.63) is 35.4 Å². The van der Waals surface area contributed by atoms with E-state index >= 15 is 0 Å². The molecule has 0 saturated carbocycles. The Hall–Kier alpha value is -0.660. The smallest absolute Gasteiger partial charge is 0.282 e. The average molecular weight is 358 g/mol. The first-order chi connectivity index (χ1) is 10.6. The molecule has 128 valence electrons. The molecule has 0 amide bonds. The van der Waals surface area contributed by atoms with Gasteiger partial charge in [-0.15, -0.1) is 12.4 Å². The number of halogens is 1. The quantitative estimate of drug-likeness (QED) is 0.870. The van der Waals surface area contributed by atoms with Crippen LogP contribution in [0.3, 0.4) is 0 Å². The standard InChI is InChI=1S/C16H23N3O2S.ClH/c20-22(21,19-11-13-5-6-16(19)10-17-9-13)18-8-7-14-3-1-2-4-15(14)12-18;/h1-4,13,16-17H,5-12H2;1H/t13-,16+;/m1./s1. The van der Waals surface area contributed by atoms with Crippen LogP contribution in [0.4, 0.5) is 0 Å². The number of rotatable bonds is 2. The van der Waals surface area contributed by atoms with Crippen molar-refractivity contribution >= 4 is 22.6 Å². The van der Waals surface area contributed by atoms with Crippen molar-refractivity contribution in [2.45, 2.75) is 31.8 Å². The Morgan fingerprint density at radius 2 is 1.87 bits per heavy atom. The molecule has 2 bridgehead atoms. The number of fused-ring (bicyclic) bond motifs is 5. The van der Waals surface area contributed by atoms with Gasteiger partial charge in [-0.1, -0.05) is 24.3 Å². The van der Waals surface area contributed by atoms with E-state index in [-0.39, 0.29) is 18.4 Å². The van der Waals surface area contributed by atoms with Crippen molar-refractivity contribution in [2.75, 3.05) is 26.2 Å². The molecule has 3 saturated heterocycles. The van der Waals surface area contributed by atoms with Crippen molar-refractivity contribution in [1.82, 2.24) is 13.9 Å². The maximum atomic E-state index is 13.1. The average Bonchev–Trinajstić information content (AvgIpc) is 2.90. The van der Waals surface area contributed by atoms with Crippen LogP contribution in [0.25, 0.3) is 0 Å². The summed E-state index contributed by atoms with van der Waals surface area (Å²) in [7, 11) is -3.36. The van der Waals surface area contributed by atoms with E-state index in [0.29, 0.717) is 25.6 Å². The SMILES string of the molecule is Cl.O=S(=O)(N1CCc2ccccc2C1)N1C[C@@H]2CC[C@H]1CNC2. The summed E-state index contributed by atoms with van der Waals surface area (Å²) in [6, 6.07) is 8.31. The number of hydrogen-bond acceptors (Lipinski definition) is 3. The molecule has 5 rings (SSSR count). The molecule has 0 aliphatic carbocycles. The zero-order chi connectivity index (χ0) is 15.2. The van der Waals surface area contributed by atoms with Gasteiger partial charge < -0.3 is 5.32 Å². The van der Waals surface area contributed by atoms with Crippen LogP contribution in [0, 0.1) is 5.92 Å². The molecule has 0 spiro atoms. The summed E-state index contributed by atoms with van der Waals surface area (Å²) >= 11 is 0. The topological polar surface area (TPSA) is 52.7 Å². The first kappa shape index (κ1) is 17.2. The third-order valence-corrected chi connectivity index (χ3v) is 7.29. The number of piperidine rings is 1. The van der Waals surface area contributed by atoms with Crippen LogP contribution < -0.4 is 5.32 Å². The van der Waals surface area contributed by atoms with Crippen LogP contribution in [-0.2, 0) is 23.2 Å². The zero-order valence-corrected chi connectivity index (χ0v) is 14.8. The predicted molar refractivity (Wildman–Crippen MR) is 92.8 cm³/mol. The van der Waals surface area contributed by atoms with Gasteiger partial charge in [0, 0.05) is 32.2 Å². The van der Waals surface area contributed by atoms with Crippen LogP contribution >= 0.6 is 12.4 Å². The third kappa shape index (κ3) is 3.15. The van der Waals surface area contributed by atoms with E-state index in [0.717, 1.165) is 37.9 Å². The maximum Gasteiger partial charge on any atom is 0.282 e. The van der Waals surface area contributed by atoms with Gasteiger partial charge in [0.25, 0.3) is 10.2 Å². The highest BCUT2D eigenvalue weighted by Crippen LogP contribution is 2.30. The second-order valence-corrected chi connectivity index (χ2v) is 8.57. The molecule has 7 heteroatoms. The van der Waals surface area contributed by atoms with E-state index in [1.54, 1.807) is 8.61 Å². The number of nitrogens with one attached hydrogen (secondary N) is 1. The highest BCUT2D eigenvalue weighted by atomic mass is 35.5. The van der Waals surface area contributed by atoms with Crippen LogP contribution in [-0.4, -0.2) is 49.2 Å². The Morgan fingerprint density at radius 1 is 1.09 bits per heavy atom. The van der Waals surface area contributed by atoms with Gasteiger partial charge in [-0.05, 0) is 42.9 Å². The highest BCUT2D eigenvalue weighted by molar-refractivity contribution is 7.86. The number of hydrogen-bond donors (Lipinski definition) is 1. The van der Waals surface area contributed by atoms with Gasteiger partial charge >= 0.3 is 0 Å². The van der Waals surface area contributed by atoms with Crippen molar-refractivity contribution < 1.29 is 8.42 Å². The molecule has 4 aliphatic heterocycles. The molecule has 3 fully saturated rings. The number of benzene rings is 1. The second kappa shape index (κ2) is 6.69. The third-order valence-electron chi connectivity index (χ3n) is 5.28. The minimum atomic E-state index is -3.36. The summed E-state index contributed by atoms with van der Waals surface area (Å²) in [5.74, 6) is 0.464. The molecule has 1 aromatic rings. The minimum absolute atomic E-state index is 0. The van der Waals surface area contributed by atoms with Crippen LogP contribution in [0.2, 0.25) is 0 Å². The van der Waals surface area contributed by atoms with Gasteiger partial charge in [-0.3, -0.25) is 0 Å². The molecule has 0 radical (unpaired) electrons. The molecule has 2 atom stereocenters. The first-order valence-electron chi connectivity index (χ1n) is 8.19. The van der Waals surface area contributed by atoms with Crippen molar-refractivity contribution in [3.8, 4) is 0 Å². The van der Waals surface area contributed by atoms with E-state index in [2.05, 4.69) is 11.4 Å². The van der Waals surface area contributed by atoms with Crippen molar-refractivity contribution in [3.63, 3.8) is 0 Å². The zero-order valence-electron chi connectivity index (χ0n) is 13.1. The lowest BCUT2D eigenvalue weighted by molar-refractivity contribution is 0.210. The largest absolute Gasteiger partial charge is 0.315 e. The van der Waals surface area contributed by atoms with Crippen LogP contribution in [0.1, 0.15) is 24.0 Å². The Labute approximate surface area is 144 Å². The van der Waals surface area contributed by atoms with E-state index < -0.39 is 10.2 Å². The molecule has 4 heterocycles. The lowest BCUT2D eigenvalue weighted by Gasteiger charge is -2.39. The molecule has 23 heavy (non-hydrogen) atoms. The first-order valence-corrected chi connectivity index (χ1v) is 9.59. The van der Waals surface area contributed by atoms with Crippen LogP contribution in [0.5, 0.6) is 0 Å². The van der Waals surface area contributed by atoms with E-state index in [4.69, 9.17) is 0 Å². The monoisotopic (exact) mass is 357 g/mol. The summed E-state index contributed by atoms with van der Waals surface area (Å²) in [5.41, 5.74) is 2.43. The fourth-order valence-corrected chi connectivity index (χ4v) is 5.87. The van der Waals surface area contributed by atoms with E-state index in [1.165, 1.54) is 5.56 Å². The van der Waals surface area contributed by atoms with Crippen molar-refractivity contribution in [1.29, 1.82) is 0 Å². The van der Waals surface area contributed by atoms with Gasteiger partial charge in [-0.2, -0.15) is 17.0 Å². The highest BCUT2D eigenvalue weighted by Gasteiger charge is 2.41. The van der Waals surface area contributed by atoms with Gasteiger partial charge in [0.2, 0.25) is 0 Å². The summed E-state index contributed by atoms with van der Waals surface area (Å²) in [5, 5.41) is 3.41. The minimum Gasteiger partial charge on any atom is -0.315 e. The molecule has 1 N–H and O–H groups in total. The van der Waals surface area contributed by atoms with Crippen LogP contribution in [0.15, 0.2) is 24.3 Å². The van der Waals surface area contributed by atoms with Crippen molar-refractivity contribution in [2.24, 2.45) is 5.92 Å². The predicted octanol–water partition coefficient (Wildman–Crippen LogP) is 1.40. The Morgan fingerprint density at radius 3 is 2.70 bits per heavy atom. The van der Waals surface area contributed by atoms with Gasteiger partial charge in [-0.25, -0.2) is 0 Å². The number of nitrogens with zero attached hydrogens (tertiary/aromatic N) is 2. The van der Waals surface area contributed by atoms with Gasteiger partial charge in [0.05, 0.1) is 0 Å². The fourth-order valence-electron chi connectivity index (χ4n) is 3.99. The van der Waals surface area contributed by atoms with E-state index in [9.17, 15) is 8.42 Å². The summed E-state index contributed by atoms with van der Waals surface area (Å²) < 4.78 is 29.7. The molecule has 1 aromatic carbocycles. The molecule has 4 aliphatic rings. The molecule has 0 unspecified atom stereocenters. The molecular formula is C16H24ClN3O2S. The lowest BCUT2D eigenvalue weighted by Crippen LogP contribution is -2.53. The fraction of sp³-hybridized carbons (Fsp3) is 0.625. The summed E-state index contributed by atoms with van der Waals surface area (Å²) in [6.45, 7) is 3.53.